The molecule has 1 fully saturated rings. The van der Waals surface area contributed by atoms with Crippen LogP contribution in [0.2, 0.25) is 0 Å². The van der Waals surface area contributed by atoms with Crippen LogP contribution in [0.3, 0.4) is 0 Å². The fourth-order valence-corrected chi connectivity index (χ4v) is 4.25. The monoisotopic (exact) mass is 422 g/mol. The average molecular weight is 423 g/mol. The van der Waals surface area contributed by atoms with Gasteiger partial charge < -0.3 is 10.2 Å². The molecule has 0 bridgehead atoms. The van der Waals surface area contributed by atoms with E-state index < -0.39 is 0 Å². The maximum absolute atomic E-state index is 12.7. The lowest BCUT2D eigenvalue weighted by Crippen LogP contribution is -2.40. The first-order valence-electron chi connectivity index (χ1n) is 11.5. The molecule has 0 aliphatic carbocycles. The number of benzene rings is 1. The van der Waals surface area contributed by atoms with Gasteiger partial charge in [0.05, 0.1) is 0 Å². The van der Waals surface area contributed by atoms with E-state index in [1.165, 1.54) is 6.33 Å². The van der Waals surface area contributed by atoms with Gasteiger partial charge in [0.15, 0.2) is 0 Å². The number of nitrogens with one attached hydrogen (secondary N) is 1. The third-order valence-electron chi connectivity index (χ3n) is 6.02. The third-order valence-corrected chi connectivity index (χ3v) is 6.02. The van der Waals surface area contributed by atoms with E-state index >= 15 is 0 Å². The van der Waals surface area contributed by atoms with E-state index in [0.717, 1.165) is 61.9 Å². The molecule has 6 nitrogen and oxygen atoms in total. The molecule has 3 rings (SSSR count). The zero-order valence-corrected chi connectivity index (χ0v) is 18.7. The normalized spacial score (nSPS) is 15.5. The van der Waals surface area contributed by atoms with Crippen molar-refractivity contribution in [2.45, 2.75) is 64.8 Å². The number of carbonyl (C=O) groups excluding carboxylic acids is 2. The first-order valence-corrected chi connectivity index (χ1v) is 11.5. The topological polar surface area (TPSA) is 75.2 Å². The average Bonchev–Trinajstić information content (AvgIpc) is 2.79. The summed E-state index contributed by atoms with van der Waals surface area (Å²) >= 11 is 0. The molecule has 1 saturated heterocycles. The highest BCUT2D eigenvalue weighted by Crippen LogP contribution is 2.22. The minimum atomic E-state index is 0.148. The van der Waals surface area contributed by atoms with Gasteiger partial charge in [-0.05, 0) is 49.7 Å². The SMILES string of the molecule is CCCC(C)NC(=O)CC1CCN(C(=O)CCc2cccc(-c3cncnc3)c2)CC1. The number of carbonyl (C=O) groups is 2. The van der Waals surface area contributed by atoms with Crippen LogP contribution in [0, 0.1) is 5.92 Å². The Morgan fingerprint density at radius 2 is 1.90 bits per heavy atom. The van der Waals surface area contributed by atoms with Crippen LogP contribution in [-0.2, 0) is 16.0 Å². The molecule has 1 aliphatic rings. The highest BCUT2D eigenvalue weighted by Gasteiger charge is 2.24. The lowest BCUT2D eigenvalue weighted by atomic mass is 9.92. The Balaban J connectivity index is 1.42. The Labute approximate surface area is 185 Å². The fraction of sp³-hybridized carbons (Fsp3) is 0.520. The summed E-state index contributed by atoms with van der Waals surface area (Å²) in [4.78, 5) is 35.0. The van der Waals surface area contributed by atoms with Crippen LogP contribution >= 0.6 is 0 Å². The molecular formula is C25H34N4O2. The molecule has 0 saturated carbocycles. The highest BCUT2D eigenvalue weighted by atomic mass is 16.2. The molecule has 2 aromatic rings. The Morgan fingerprint density at radius 1 is 1.16 bits per heavy atom. The summed E-state index contributed by atoms with van der Waals surface area (Å²) in [6, 6.07) is 8.46. The smallest absolute Gasteiger partial charge is 0.222 e. The quantitative estimate of drug-likeness (QED) is 0.663. The lowest BCUT2D eigenvalue weighted by molar-refractivity contribution is -0.132. The van der Waals surface area contributed by atoms with E-state index in [1.54, 1.807) is 12.4 Å². The number of hydrogen-bond acceptors (Lipinski definition) is 4. The van der Waals surface area contributed by atoms with Gasteiger partial charge in [-0.2, -0.15) is 0 Å². The van der Waals surface area contributed by atoms with Gasteiger partial charge in [-0.1, -0.05) is 37.6 Å². The molecule has 0 spiro atoms. The Bertz CT molecular complexity index is 848. The zero-order valence-electron chi connectivity index (χ0n) is 18.7. The van der Waals surface area contributed by atoms with Crippen LogP contribution in [0.5, 0.6) is 0 Å². The molecule has 6 heteroatoms. The van der Waals surface area contributed by atoms with Gasteiger partial charge in [0, 0.05) is 49.9 Å². The molecule has 2 amide bonds. The summed E-state index contributed by atoms with van der Waals surface area (Å²) in [6.45, 7) is 5.70. The number of amides is 2. The predicted molar refractivity (Wildman–Crippen MR) is 122 cm³/mol. The van der Waals surface area contributed by atoms with E-state index in [9.17, 15) is 9.59 Å². The molecular weight excluding hydrogens is 388 g/mol. The number of piperidine rings is 1. The summed E-state index contributed by atoms with van der Waals surface area (Å²) < 4.78 is 0. The second-order valence-corrected chi connectivity index (χ2v) is 8.61. The van der Waals surface area contributed by atoms with Crippen molar-refractivity contribution in [3.8, 4) is 11.1 Å². The molecule has 166 valence electrons. The van der Waals surface area contributed by atoms with Gasteiger partial charge in [-0.3, -0.25) is 9.59 Å². The molecule has 1 N–H and O–H groups in total. The highest BCUT2D eigenvalue weighted by molar-refractivity contribution is 5.77. The molecule has 1 unspecified atom stereocenters. The molecule has 1 aromatic carbocycles. The van der Waals surface area contributed by atoms with Crippen molar-refractivity contribution in [2.24, 2.45) is 5.92 Å². The number of aryl methyl sites for hydroxylation is 1. The minimum absolute atomic E-state index is 0.148. The fourth-order valence-electron chi connectivity index (χ4n) is 4.25. The largest absolute Gasteiger partial charge is 0.354 e. The van der Waals surface area contributed by atoms with E-state index in [-0.39, 0.29) is 17.9 Å². The second-order valence-electron chi connectivity index (χ2n) is 8.61. The maximum Gasteiger partial charge on any atom is 0.222 e. The Hall–Kier alpha value is -2.76. The van der Waals surface area contributed by atoms with Crippen molar-refractivity contribution in [1.29, 1.82) is 0 Å². The van der Waals surface area contributed by atoms with Crippen molar-refractivity contribution in [2.75, 3.05) is 13.1 Å². The molecule has 1 atom stereocenters. The van der Waals surface area contributed by atoms with Gasteiger partial charge in [-0.15, -0.1) is 0 Å². The zero-order chi connectivity index (χ0) is 22.1. The predicted octanol–water partition coefficient (Wildman–Crippen LogP) is 4.01. The van der Waals surface area contributed by atoms with Gasteiger partial charge in [-0.25, -0.2) is 9.97 Å². The van der Waals surface area contributed by atoms with Crippen molar-refractivity contribution < 1.29 is 9.59 Å². The van der Waals surface area contributed by atoms with Crippen molar-refractivity contribution in [1.82, 2.24) is 20.2 Å². The lowest BCUT2D eigenvalue weighted by Gasteiger charge is -2.32. The number of hydrogen-bond donors (Lipinski definition) is 1. The van der Waals surface area contributed by atoms with Crippen molar-refractivity contribution >= 4 is 11.8 Å². The van der Waals surface area contributed by atoms with Crippen LogP contribution in [0.1, 0.15) is 57.9 Å². The summed E-state index contributed by atoms with van der Waals surface area (Å²) in [6.07, 6.45) is 10.8. The van der Waals surface area contributed by atoms with E-state index in [4.69, 9.17) is 0 Å². The summed E-state index contributed by atoms with van der Waals surface area (Å²) in [5, 5.41) is 3.09. The van der Waals surface area contributed by atoms with Crippen LogP contribution in [0.15, 0.2) is 43.0 Å². The molecule has 2 heterocycles. The van der Waals surface area contributed by atoms with Crippen LogP contribution in [0.25, 0.3) is 11.1 Å². The van der Waals surface area contributed by atoms with Gasteiger partial charge >= 0.3 is 0 Å². The number of rotatable bonds is 9. The number of aromatic nitrogens is 2. The third kappa shape index (κ3) is 7.16. The molecule has 0 radical (unpaired) electrons. The maximum atomic E-state index is 12.7. The molecule has 31 heavy (non-hydrogen) atoms. The van der Waals surface area contributed by atoms with Crippen LogP contribution < -0.4 is 5.32 Å². The number of nitrogens with zero attached hydrogens (tertiary/aromatic N) is 3. The van der Waals surface area contributed by atoms with Gasteiger partial charge in [0.1, 0.15) is 6.33 Å². The van der Waals surface area contributed by atoms with E-state index in [0.29, 0.717) is 18.8 Å². The van der Waals surface area contributed by atoms with Gasteiger partial charge in [0.2, 0.25) is 11.8 Å². The minimum Gasteiger partial charge on any atom is -0.354 e. The summed E-state index contributed by atoms with van der Waals surface area (Å²) in [5.41, 5.74) is 3.19. The van der Waals surface area contributed by atoms with Crippen LogP contribution in [-0.4, -0.2) is 45.8 Å². The Morgan fingerprint density at radius 3 is 2.61 bits per heavy atom. The number of likely N-dealkylation sites (tertiary alicyclic amines) is 1. The summed E-state index contributed by atoms with van der Waals surface area (Å²) in [7, 11) is 0. The first-order chi connectivity index (χ1) is 15.0. The Kier molecular flexibility index (Phi) is 8.56. The van der Waals surface area contributed by atoms with Crippen molar-refractivity contribution in [3.05, 3.63) is 48.5 Å². The second kappa shape index (κ2) is 11.6. The van der Waals surface area contributed by atoms with E-state index in [1.807, 2.05) is 17.0 Å². The summed E-state index contributed by atoms with van der Waals surface area (Å²) in [5.74, 6) is 0.727. The first kappa shape index (κ1) is 22.9. The van der Waals surface area contributed by atoms with Crippen molar-refractivity contribution in [3.63, 3.8) is 0 Å². The van der Waals surface area contributed by atoms with E-state index in [2.05, 4.69) is 41.3 Å². The molecule has 1 aromatic heterocycles. The van der Waals surface area contributed by atoms with Crippen LogP contribution in [0.4, 0.5) is 0 Å². The molecule has 1 aliphatic heterocycles. The standard InChI is InChI=1S/C25H34N4O2/c1-3-5-19(2)28-24(30)15-21-10-12-29(13-11-21)25(31)9-8-20-6-4-7-22(14-20)23-16-26-18-27-17-23/h4,6-7,14,16-19,21H,3,5,8-13,15H2,1-2H3,(H,28,30). The van der Waals surface area contributed by atoms with Gasteiger partial charge in [0.25, 0.3) is 0 Å².